The van der Waals surface area contributed by atoms with Crippen LogP contribution in [0.2, 0.25) is 5.02 Å². The van der Waals surface area contributed by atoms with Gasteiger partial charge in [-0.2, -0.15) is 0 Å². The van der Waals surface area contributed by atoms with Gasteiger partial charge in [0.2, 0.25) is 0 Å². The van der Waals surface area contributed by atoms with Gasteiger partial charge >= 0.3 is 0 Å². The van der Waals surface area contributed by atoms with Gasteiger partial charge in [0.25, 0.3) is 0 Å². The average molecular weight is 167 g/mol. The standard InChI is InChI=1S/C8H7ClN2/c1-2-7(10)8-6(9)4-3-5-11-8/h1,3-5,7H,10H2. The molecule has 0 bridgehead atoms. The first-order valence-corrected chi connectivity index (χ1v) is 3.45. The number of nitrogens with two attached hydrogens (primary N) is 1. The molecule has 0 fully saturated rings. The molecule has 11 heavy (non-hydrogen) atoms. The molecule has 1 unspecified atom stereocenters. The summed E-state index contributed by atoms with van der Waals surface area (Å²) >= 11 is 5.76. The Morgan fingerprint density at radius 1 is 1.73 bits per heavy atom. The molecule has 0 aliphatic rings. The van der Waals surface area contributed by atoms with Gasteiger partial charge in [0, 0.05) is 6.20 Å². The number of hydrogen-bond donors (Lipinski definition) is 1. The molecular weight excluding hydrogens is 160 g/mol. The van der Waals surface area contributed by atoms with E-state index in [1.165, 1.54) is 0 Å². The second kappa shape index (κ2) is 3.38. The Bertz CT molecular complexity index is 290. The van der Waals surface area contributed by atoms with Crippen molar-refractivity contribution in [3.05, 3.63) is 29.0 Å². The van der Waals surface area contributed by atoms with Crippen LogP contribution in [0.1, 0.15) is 11.7 Å². The maximum atomic E-state index is 5.76. The molecular formula is C8H7ClN2. The summed E-state index contributed by atoms with van der Waals surface area (Å²) in [6.07, 6.45) is 6.71. The fraction of sp³-hybridized carbons (Fsp3) is 0.125. The van der Waals surface area contributed by atoms with Crippen LogP contribution in [0.25, 0.3) is 0 Å². The van der Waals surface area contributed by atoms with E-state index in [2.05, 4.69) is 10.9 Å². The number of hydrogen-bond acceptors (Lipinski definition) is 2. The Hall–Kier alpha value is -1.04. The van der Waals surface area contributed by atoms with E-state index in [0.717, 1.165) is 0 Å². The monoisotopic (exact) mass is 166 g/mol. The van der Waals surface area contributed by atoms with E-state index >= 15 is 0 Å². The lowest BCUT2D eigenvalue weighted by Crippen LogP contribution is -2.09. The third-order valence-corrected chi connectivity index (χ3v) is 1.58. The van der Waals surface area contributed by atoms with Crippen molar-refractivity contribution >= 4 is 11.6 Å². The van der Waals surface area contributed by atoms with Crippen LogP contribution in [0.3, 0.4) is 0 Å². The highest BCUT2D eigenvalue weighted by Gasteiger charge is 2.06. The van der Waals surface area contributed by atoms with Gasteiger partial charge in [-0.3, -0.25) is 4.98 Å². The zero-order chi connectivity index (χ0) is 8.27. The van der Waals surface area contributed by atoms with Crippen molar-refractivity contribution in [3.8, 4) is 12.3 Å². The fourth-order valence-corrected chi connectivity index (χ4v) is 0.945. The molecule has 0 radical (unpaired) electrons. The Morgan fingerprint density at radius 3 is 3.00 bits per heavy atom. The van der Waals surface area contributed by atoms with Gasteiger partial charge in [-0.15, -0.1) is 6.42 Å². The number of halogens is 1. The van der Waals surface area contributed by atoms with Crippen molar-refractivity contribution in [2.24, 2.45) is 5.73 Å². The summed E-state index contributed by atoms with van der Waals surface area (Å²) in [5.41, 5.74) is 6.06. The Labute approximate surface area is 70.4 Å². The zero-order valence-corrected chi connectivity index (χ0v) is 6.55. The topological polar surface area (TPSA) is 38.9 Å². The van der Waals surface area contributed by atoms with Crippen LogP contribution in [0.5, 0.6) is 0 Å². The summed E-state index contributed by atoms with van der Waals surface area (Å²) < 4.78 is 0. The van der Waals surface area contributed by atoms with E-state index in [0.29, 0.717) is 10.7 Å². The van der Waals surface area contributed by atoms with Crippen molar-refractivity contribution in [2.45, 2.75) is 6.04 Å². The van der Waals surface area contributed by atoms with E-state index in [9.17, 15) is 0 Å². The number of nitrogens with zero attached hydrogens (tertiary/aromatic N) is 1. The molecule has 0 spiro atoms. The van der Waals surface area contributed by atoms with Crippen molar-refractivity contribution in [2.75, 3.05) is 0 Å². The molecule has 0 saturated heterocycles. The van der Waals surface area contributed by atoms with Gasteiger partial charge in [0.15, 0.2) is 0 Å². The highest BCUT2D eigenvalue weighted by atomic mass is 35.5. The molecule has 0 aliphatic heterocycles. The van der Waals surface area contributed by atoms with Gasteiger partial charge in [-0.05, 0) is 12.1 Å². The minimum absolute atomic E-state index is 0.510. The first kappa shape index (κ1) is 8.06. The molecule has 56 valence electrons. The molecule has 1 aromatic heterocycles. The number of pyridine rings is 1. The van der Waals surface area contributed by atoms with Crippen LogP contribution < -0.4 is 5.73 Å². The van der Waals surface area contributed by atoms with E-state index in [1.54, 1.807) is 18.3 Å². The molecule has 1 atom stereocenters. The predicted octanol–water partition coefficient (Wildman–Crippen LogP) is 1.37. The van der Waals surface area contributed by atoms with E-state index in [-0.39, 0.29) is 0 Å². The summed E-state index contributed by atoms with van der Waals surface area (Å²) in [6, 6.07) is 2.93. The predicted molar refractivity (Wildman–Crippen MR) is 45.0 cm³/mol. The first-order valence-electron chi connectivity index (χ1n) is 3.08. The summed E-state index contributed by atoms with van der Waals surface area (Å²) in [5, 5.41) is 0.512. The normalized spacial score (nSPS) is 12.1. The lowest BCUT2D eigenvalue weighted by molar-refractivity contribution is 0.891. The molecule has 2 nitrogen and oxygen atoms in total. The third kappa shape index (κ3) is 1.70. The van der Waals surface area contributed by atoms with E-state index in [1.807, 2.05) is 0 Å². The van der Waals surface area contributed by atoms with Gasteiger partial charge in [0.1, 0.15) is 6.04 Å². The Morgan fingerprint density at radius 2 is 2.45 bits per heavy atom. The minimum Gasteiger partial charge on any atom is -0.313 e. The largest absolute Gasteiger partial charge is 0.313 e. The quantitative estimate of drug-likeness (QED) is 0.640. The SMILES string of the molecule is C#CC(N)c1ncccc1Cl. The van der Waals surface area contributed by atoms with Crippen LogP contribution >= 0.6 is 11.6 Å². The molecule has 0 aliphatic carbocycles. The molecule has 0 amide bonds. The number of rotatable bonds is 1. The maximum Gasteiger partial charge on any atom is 0.111 e. The lowest BCUT2D eigenvalue weighted by Gasteiger charge is -2.03. The second-order valence-corrected chi connectivity index (χ2v) is 2.42. The van der Waals surface area contributed by atoms with Gasteiger partial charge in [-0.1, -0.05) is 17.5 Å². The van der Waals surface area contributed by atoms with Crippen LogP contribution in [0, 0.1) is 12.3 Å². The number of aromatic nitrogens is 1. The van der Waals surface area contributed by atoms with Crippen LogP contribution in [-0.2, 0) is 0 Å². The molecule has 0 aromatic carbocycles. The van der Waals surface area contributed by atoms with E-state index in [4.69, 9.17) is 23.8 Å². The van der Waals surface area contributed by atoms with Gasteiger partial charge in [0.05, 0.1) is 10.7 Å². The summed E-state index contributed by atoms with van der Waals surface area (Å²) in [5.74, 6) is 2.35. The molecule has 1 heterocycles. The summed E-state index contributed by atoms with van der Waals surface area (Å²) in [4.78, 5) is 3.95. The number of terminal acetylenes is 1. The van der Waals surface area contributed by atoms with Crippen molar-refractivity contribution in [1.82, 2.24) is 4.98 Å². The van der Waals surface area contributed by atoms with Gasteiger partial charge in [-0.25, -0.2) is 0 Å². The van der Waals surface area contributed by atoms with E-state index < -0.39 is 6.04 Å². The van der Waals surface area contributed by atoms with Crippen molar-refractivity contribution in [1.29, 1.82) is 0 Å². The van der Waals surface area contributed by atoms with Crippen molar-refractivity contribution < 1.29 is 0 Å². The molecule has 1 rings (SSSR count). The zero-order valence-electron chi connectivity index (χ0n) is 5.79. The smallest absolute Gasteiger partial charge is 0.111 e. The molecule has 3 heteroatoms. The van der Waals surface area contributed by atoms with Gasteiger partial charge < -0.3 is 5.73 Å². The summed E-state index contributed by atoms with van der Waals surface area (Å²) in [7, 11) is 0. The maximum absolute atomic E-state index is 5.76. The van der Waals surface area contributed by atoms with Crippen LogP contribution in [0.15, 0.2) is 18.3 Å². The average Bonchev–Trinajstić information content (AvgIpc) is 2.04. The van der Waals surface area contributed by atoms with Crippen LogP contribution in [-0.4, -0.2) is 4.98 Å². The molecule has 1 aromatic rings. The Balaban J connectivity index is 3.05. The molecule has 0 saturated carbocycles. The molecule has 2 N–H and O–H groups in total. The highest BCUT2D eigenvalue weighted by Crippen LogP contribution is 2.16. The Kier molecular flexibility index (Phi) is 2.48. The first-order chi connectivity index (χ1) is 5.25. The lowest BCUT2D eigenvalue weighted by atomic mass is 10.2. The van der Waals surface area contributed by atoms with Crippen molar-refractivity contribution in [3.63, 3.8) is 0 Å². The summed E-state index contributed by atoms with van der Waals surface area (Å²) in [6.45, 7) is 0. The highest BCUT2D eigenvalue weighted by molar-refractivity contribution is 6.31. The van der Waals surface area contributed by atoms with Crippen LogP contribution in [0.4, 0.5) is 0 Å². The third-order valence-electron chi connectivity index (χ3n) is 1.26. The fourth-order valence-electron chi connectivity index (χ4n) is 0.706. The second-order valence-electron chi connectivity index (χ2n) is 2.01. The minimum atomic E-state index is -0.510.